The molecule has 0 bridgehead atoms. The van der Waals surface area contributed by atoms with Gasteiger partial charge in [-0.2, -0.15) is 0 Å². The fourth-order valence-corrected chi connectivity index (χ4v) is 1.95. The topological polar surface area (TPSA) is 73.3 Å². The number of benzene rings is 1. The summed E-state index contributed by atoms with van der Waals surface area (Å²) in [6, 6.07) is 5.55. The number of aliphatic imine (C=N–C) groups is 1. The van der Waals surface area contributed by atoms with Gasteiger partial charge in [-0.1, -0.05) is 0 Å². The van der Waals surface area contributed by atoms with E-state index in [9.17, 15) is 0 Å². The van der Waals surface area contributed by atoms with E-state index in [1.807, 2.05) is 18.2 Å². The Bertz CT molecular complexity index is 500. The summed E-state index contributed by atoms with van der Waals surface area (Å²) in [6.07, 6.45) is 0.935. The lowest BCUT2D eigenvalue weighted by atomic mass is 10.3. The van der Waals surface area contributed by atoms with Crippen LogP contribution >= 0.6 is 24.0 Å². The summed E-state index contributed by atoms with van der Waals surface area (Å²) < 4.78 is 21.2. The van der Waals surface area contributed by atoms with E-state index < -0.39 is 0 Å². The molecule has 0 saturated heterocycles. The Morgan fingerprint density at radius 3 is 2.74 bits per heavy atom. The van der Waals surface area contributed by atoms with Crippen molar-refractivity contribution < 1.29 is 18.9 Å². The molecule has 1 aliphatic heterocycles. The van der Waals surface area contributed by atoms with Crippen molar-refractivity contribution in [3.05, 3.63) is 18.2 Å². The zero-order valence-electron chi connectivity index (χ0n) is 13.5. The maximum absolute atomic E-state index is 5.67. The maximum atomic E-state index is 5.67. The lowest BCUT2D eigenvalue weighted by molar-refractivity contribution is 0.173. The Kier molecular flexibility index (Phi) is 9.53. The summed E-state index contributed by atoms with van der Waals surface area (Å²) in [5.41, 5.74) is 0. The fourth-order valence-electron chi connectivity index (χ4n) is 1.95. The number of fused-ring (bicyclic) bond motifs is 1. The fraction of sp³-hybridized carbons (Fsp3) is 0.533. The number of nitrogens with zero attached hydrogens (tertiary/aromatic N) is 1. The molecule has 8 heteroatoms. The molecule has 0 saturated carbocycles. The van der Waals surface area contributed by atoms with Crippen LogP contribution in [0, 0.1) is 0 Å². The normalized spacial score (nSPS) is 12.5. The molecule has 0 aliphatic carbocycles. The van der Waals surface area contributed by atoms with E-state index in [0.29, 0.717) is 13.2 Å². The second-order valence-electron chi connectivity index (χ2n) is 4.64. The Morgan fingerprint density at radius 2 is 1.96 bits per heavy atom. The van der Waals surface area contributed by atoms with E-state index in [4.69, 9.17) is 18.9 Å². The lowest BCUT2D eigenvalue weighted by Gasteiger charge is -2.12. The predicted molar refractivity (Wildman–Crippen MR) is 99.3 cm³/mol. The number of ether oxygens (including phenoxy) is 4. The highest BCUT2D eigenvalue weighted by Gasteiger charge is 2.13. The van der Waals surface area contributed by atoms with Crippen molar-refractivity contribution in [1.82, 2.24) is 10.6 Å². The van der Waals surface area contributed by atoms with Crippen LogP contribution in [-0.4, -0.2) is 53.2 Å². The number of halogens is 1. The van der Waals surface area contributed by atoms with Gasteiger partial charge >= 0.3 is 0 Å². The number of rotatable bonds is 8. The molecule has 2 rings (SSSR count). The Morgan fingerprint density at radius 1 is 1.17 bits per heavy atom. The summed E-state index contributed by atoms with van der Waals surface area (Å²) in [5.74, 6) is 2.99. The van der Waals surface area contributed by atoms with Gasteiger partial charge in [0.15, 0.2) is 17.5 Å². The monoisotopic (exact) mass is 437 g/mol. The third-order valence-electron chi connectivity index (χ3n) is 3.05. The van der Waals surface area contributed by atoms with Crippen LogP contribution in [-0.2, 0) is 4.74 Å². The molecular weight excluding hydrogens is 413 g/mol. The van der Waals surface area contributed by atoms with Crippen molar-refractivity contribution in [1.29, 1.82) is 0 Å². The molecule has 1 aliphatic rings. The molecule has 23 heavy (non-hydrogen) atoms. The van der Waals surface area contributed by atoms with Crippen molar-refractivity contribution in [2.45, 2.75) is 6.42 Å². The van der Waals surface area contributed by atoms with Gasteiger partial charge in [0.25, 0.3) is 0 Å². The molecule has 0 atom stereocenters. The molecule has 7 nitrogen and oxygen atoms in total. The summed E-state index contributed by atoms with van der Waals surface area (Å²) in [5, 5.41) is 6.39. The highest BCUT2D eigenvalue weighted by Crippen LogP contribution is 2.34. The first-order valence-electron chi connectivity index (χ1n) is 7.29. The summed E-state index contributed by atoms with van der Waals surface area (Å²) in [7, 11) is 3.44. The Labute approximate surface area is 153 Å². The molecule has 130 valence electrons. The number of nitrogens with one attached hydrogen (secondary N) is 2. The third kappa shape index (κ3) is 6.69. The van der Waals surface area contributed by atoms with E-state index in [-0.39, 0.29) is 30.8 Å². The minimum atomic E-state index is 0. The molecular formula is C15H24IN3O4. The molecule has 0 radical (unpaired) electrons. The third-order valence-corrected chi connectivity index (χ3v) is 3.05. The molecule has 1 heterocycles. The molecule has 0 amide bonds. The van der Waals surface area contributed by atoms with Crippen LogP contribution in [0.1, 0.15) is 6.42 Å². The van der Waals surface area contributed by atoms with Crippen LogP contribution in [0.2, 0.25) is 0 Å². The van der Waals surface area contributed by atoms with Crippen molar-refractivity contribution in [2.24, 2.45) is 4.99 Å². The first kappa shape index (κ1) is 19.6. The Balaban J connectivity index is 0.00000264. The summed E-state index contributed by atoms with van der Waals surface area (Å²) >= 11 is 0. The molecule has 0 aromatic heterocycles. The van der Waals surface area contributed by atoms with Gasteiger partial charge in [0.2, 0.25) is 6.79 Å². The van der Waals surface area contributed by atoms with Crippen LogP contribution < -0.4 is 24.8 Å². The second-order valence-corrected chi connectivity index (χ2v) is 4.64. The van der Waals surface area contributed by atoms with Crippen LogP contribution in [0.25, 0.3) is 0 Å². The quantitative estimate of drug-likeness (QED) is 0.279. The predicted octanol–water partition coefficient (Wildman–Crippen LogP) is 1.61. The van der Waals surface area contributed by atoms with Gasteiger partial charge in [-0.15, -0.1) is 24.0 Å². The zero-order chi connectivity index (χ0) is 15.6. The van der Waals surface area contributed by atoms with Gasteiger partial charge < -0.3 is 29.6 Å². The van der Waals surface area contributed by atoms with Crippen LogP contribution in [0.3, 0.4) is 0 Å². The van der Waals surface area contributed by atoms with Gasteiger partial charge in [0.1, 0.15) is 12.4 Å². The molecule has 0 unspecified atom stereocenters. The van der Waals surface area contributed by atoms with Gasteiger partial charge in [-0.3, -0.25) is 4.99 Å². The zero-order valence-corrected chi connectivity index (χ0v) is 15.8. The average molecular weight is 437 g/mol. The first-order chi connectivity index (χ1) is 10.8. The number of hydrogen-bond acceptors (Lipinski definition) is 5. The highest BCUT2D eigenvalue weighted by atomic mass is 127. The highest BCUT2D eigenvalue weighted by molar-refractivity contribution is 14.0. The maximum Gasteiger partial charge on any atom is 0.231 e. The number of guanidine groups is 1. The summed E-state index contributed by atoms with van der Waals surface area (Å²) in [4.78, 5) is 4.14. The van der Waals surface area contributed by atoms with E-state index in [1.165, 1.54) is 0 Å². The SMILES string of the molecule is CN=C(NCCCOC)NCCOc1ccc2c(c1)OCO2.I. The van der Waals surface area contributed by atoms with Gasteiger partial charge in [-0.05, 0) is 18.6 Å². The molecule has 0 fully saturated rings. The van der Waals surface area contributed by atoms with Crippen molar-refractivity contribution in [3.63, 3.8) is 0 Å². The second kappa shape index (κ2) is 11.2. The number of hydrogen-bond donors (Lipinski definition) is 2. The molecule has 1 aromatic rings. The summed E-state index contributed by atoms with van der Waals surface area (Å²) in [6.45, 7) is 3.00. The first-order valence-corrected chi connectivity index (χ1v) is 7.29. The van der Waals surface area contributed by atoms with E-state index in [2.05, 4.69) is 15.6 Å². The van der Waals surface area contributed by atoms with Gasteiger partial charge in [0.05, 0.1) is 6.54 Å². The van der Waals surface area contributed by atoms with Crippen molar-refractivity contribution in [3.8, 4) is 17.2 Å². The average Bonchev–Trinajstić information content (AvgIpc) is 3.01. The molecule has 0 spiro atoms. The molecule has 2 N–H and O–H groups in total. The lowest BCUT2D eigenvalue weighted by Crippen LogP contribution is -2.39. The van der Waals surface area contributed by atoms with Gasteiger partial charge in [-0.25, -0.2) is 0 Å². The van der Waals surface area contributed by atoms with E-state index in [0.717, 1.165) is 42.8 Å². The van der Waals surface area contributed by atoms with Gasteiger partial charge in [0, 0.05) is 33.4 Å². The minimum Gasteiger partial charge on any atom is -0.492 e. The smallest absolute Gasteiger partial charge is 0.231 e. The van der Waals surface area contributed by atoms with Crippen molar-refractivity contribution in [2.75, 3.05) is 47.3 Å². The molecule has 1 aromatic carbocycles. The van der Waals surface area contributed by atoms with E-state index >= 15 is 0 Å². The van der Waals surface area contributed by atoms with Crippen LogP contribution in [0.5, 0.6) is 17.2 Å². The largest absolute Gasteiger partial charge is 0.492 e. The van der Waals surface area contributed by atoms with Crippen LogP contribution in [0.4, 0.5) is 0 Å². The Hall–Kier alpha value is -1.42. The number of methoxy groups -OCH3 is 1. The van der Waals surface area contributed by atoms with Crippen molar-refractivity contribution >= 4 is 29.9 Å². The van der Waals surface area contributed by atoms with E-state index in [1.54, 1.807) is 14.2 Å². The standard InChI is InChI=1S/C15H23N3O4.HI/c1-16-15(17-6-3-8-19-2)18-7-9-20-12-4-5-13-14(10-12)22-11-21-13;/h4-5,10H,3,6-9,11H2,1-2H3,(H2,16,17,18);1H. The van der Waals surface area contributed by atoms with Crippen LogP contribution in [0.15, 0.2) is 23.2 Å². The minimum absolute atomic E-state index is 0.